The second-order valence-electron chi connectivity index (χ2n) is 4.97. The normalized spacial score (nSPS) is 12.7. The number of hydrazine groups is 1. The molecule has 1 atom stereocenters. The van der Waals surface area contributed by atoms with E-state index in [-0.39, 0.29) is 6.04 Å². The van der Waals surface area contributed by atoms with Crippen LogP contribution in [0.5, 0.6) is 0 Å². The molecule has 0 radical (unpaired) electrons. The fourth-order valence-corrected chi connectivity index (χ4v) is 2.69. The lowest BCUT2D eigenvalue weighted by atomic mass is 9.98. The molecule has 4 nitrogen and oxygen atoms in total. The quantitative estimate of drug-likeness (QED) is 0.658. The summed E-state index contributed by atoms with van der Waals surface area (Å²) in [5.74, 6) is 5.75. The molecule has 2 rings (SSSR count). The third-order valence-corrected chi connectivity index (χ3v) is 3.99. The van der Waals surface area contributed by atoms with Crippen LogP contribution in [0.1, 0.15) is 35.5 Å². The van der Waals surface area contributed by atoms with Gasteiger partial charge in [0.15, 0.2) is 0 Å². The van der Waals surface area contributed by atoms with Crippen LogP contribution in [-0.4, -0.2) is 9.78 Å². The molecule has 0 aliphatic rings. The summed E-state index contributed by atoms with van der Waals surface area (Å²) in [4.78, 5) is 0. The lowest BCUT2D eigenvalue weighted by Crippen LogP contribution is -2.30. The highest BCUT2D eigenvalue weighted by molar-refractivity contribution is 6.31. The fourth-order valence-electron chi connectivity index (χ4n) is 2.51. The number of nitrogens with one attached hydrogen (secondary N) is 1. The van der Waals surface area contributed by atoms with Crippen LogP contribution in [0.25, 0.3) is 0 Å². The summed E-state index contributed by atoms with van der Waals surface area (Å²) in [6.07, 6.45) is 0.784. The number of halogens is 1. The minimum Gasteiger partial charge on any atom is -0.271 e. The van der Waals surface area contributed by atoms with Gasteiger partial charge in [0, 0.05) is 23.7 Å². The molecule has 0 aliphatic carbocycles. The molecular formula is C15H21ClN4. The fraction of sp³-hybridized carbons (Fsp3) is 0.400. The number of rotatable bonds is 5. The number of aryl methyl sites for hydroxylation is 2. The lowest BCUT2D eigenvalue weighted by molar-refractivity contribution is 0.515. The summed E-state index contributed by atoms with van der Waals surface area (Å²) in [7, 11) is 0. The van der Waals surface area contributed by atoms with Crippen LogP contribution in [0.3, 0.4) is 0 Å². The summed E-state index contributed by atoms with van der Waals surface area (Å²) in [6.45, 7) is 6.97. The Morgan fingerprint density at radius 1 is 1.40 bits per heavy atom. The van der Waals surface area contributed by atoms with Gasteiger partial charge in [0.2, 0.25) is 0 Å². The second-order valence-corrected chi connectivity index (χ2v) is 5.38. The number of nitrogens with zero attached hydrogens (tertiary/aromatic N) is 2. The molecule has 20 heavy (non-hydrogen) atoms. The van der Waals surface area contributed by atoms with Crippen molar-refractivity contribution in [1.29, 1.82) is 0 Å². The Morgan fingerprint density at radius 2 is 2.15 bits per heavy atom. The Balaban J connectivity index is 2.31. The van der Waals surface area contributed by atoms with E-state index in [9.17, 15) is 0 Å². The lowest BCUT2D eigenvalue weighted by Gasteiger charge is -2.19. The Kier molecular flexibility index (Phi) is 4.81. The van der Waals surface area contributed by atoms with Crippen LogP contribution in [0, 0.1) is 13.8 Å². The number of hydrogen-bond donors (Lipinski definition) is 2. The van der Waals surface area contributed by atoms with Crippen molar-refractivity contribution >= 4 is 11.6 Å². The maximum atomic E-state index is 6.19. The van der Waals surface area contributed by atoms with Crippen molar-refractivity contribution in [2.45, 2.75) is 39.8 Å². The molecular weight excluding hydrogens is 272 g/mol. The molecule has 0 spiro atoms. The molecule has 0 aliphatic heterocycles. The van der Waals surface area contributed by atoms with E-state index >= 15 is 0 Å². The van der Waals surface area contributed by atoms with E-state index in [4.69, 9.17) is 17.4 Å². The minimum atomic E-state index is 0.0232. The zero-order valence-electron chi connectivity index (χ0n) is 12.2. The van der Waals surface area contributed by atoms with Crippen molar-refractivity contribution in [2.24, 2.45) is 5.84 Å². The third-order valence-electron chi connectivity index (χ3n) is 3.58. The van der Waals surface area contributed by atoms with Crippen LogP contribution in [0.2, 0.25) is 5.02 Å². The highest BCUT2D eigenvalue weighted by atomic mass is 35.5. The second kappa shape index (κ2) is 6.39. The molecule has 0 saturated heterocycles. The first-order valence-electron chi connectivity index (χ1n) is 6.81. The van der Waals surface area contributed by atoms with Gasteiger partial charge in [0.25, 0.3) is 0 Å². The molecule has 3 N–H and O–H groups in total. The van der Waals surface area contributed by atoms with Crippen LogP contribution in [0.4, 0.5) is 0 Å². The Labute approximate surface area is 124 Å². The summed E-state index contributed by atoms with van der Waals surface area (Å²) < 4.78 is 2.01. The van der Waals surface area contributed by atoms with Crippen molar-refractivity contribution in [3.05, 3.63) is 51.8 Å². The molecule has 0 bridgehead atoms. The maximum absolute atomic E-state index is 6.19. The first-order chi connectivity index (χ1) is 9.56. The molecule has 1 unspecified atom stereocenters. The molecule has 2 aromatic rings. The molecule has 0 amide bonds. The Hall–Kier alpha value is -1.36. The van der Waals surface area contributed by atoms with Gasteiger partial charge in [0.1, 0.15) is 0 Å². The van der Waals surface area contributed by atoms with E-state index in [1.54, 1.807) is 0 Å². The molecule has 0 saturated carbocycles. The number of nitrogens with two attached hydrogens (primary N) is 1. The van der Waals surface area contributed by atoms with E-state index in [1.807, 2.05) is 30.7 Å². The molecule has 1 aromatic heterocycles. The third kappa shape index (κ3) is 3.03. The molecule has 108 valence electrons. The average Bonchev–Trinajstić information content (AvgIpc) is 2.79. The van der Waals surface area contributed by atoms with E-state index in [0.29, 0.717) is 0 Å². The monoisotopic (exact) mass is 292 g/mol. The number of benzene rings is 1. The van der Waals surface area contributed by atoms with Crippen LogP contribution in [0.15, 0.2) is 24.3 Å². The minimum absolute atomic E-state index is 0.0232. The standard InChI is InChI=1S/C15H21ClN4/c1-4-20-12(8-10(2)19-20)9-15(18-17)13-6-5-7-14(16)11(13)3/h5-8,15,18H,4,9,17H2,1-3H3. The Morgan fingerprint density at radius 3 is 2.80 bits per heavy atom. The van der Waals surface area contributed by atoms with Gasteiger partial charge in [0.05, 0.1) is 11.7 Å². The van der Waals surface area contributed by atoms with Crippen molar-refractivity contribution in [3.63, 3.8) is 0 Å². The molecule has 1 aromatic carbocycles. The molecule has 0 fully saturated rings. The summed E-state index contributed by atoms with van der Waals surface area (Å²) in [5.41, 5.74) is 7.29. The van der Waals surface area contributed by atoms with Gasteiger partial charge in [-0.25, -0.2) is 0 Å². The van der Waals surface area contributed by atoms with Gasteiger partial charge in [-0.15, -0.1) is 0 Å². The van der Waals surface area contributed by atoms with Crippen LogP contribution < -0.4 is 11.3 Å². The Bertz CT molecular complexity index is 592. The van der Waals surface area contributed by atoms with Gasteiger partial charge < -0.3 is 0 Å². The van der Waals surface area contributed by atoms with Gasteiger partial charge in [-0.05, 0) is 44.0 Å². The summed E-state index contributed by atoms with van der Waals surface area (Å²) in [6, 6.07) is 8.04. The zero-order valence-corrected chi connectivity index (χ0v) is 12.9. The maximum Gasteiger partial charge on any atom is 0.0596 e. The van der Waals surface area contributed by atoms with Crippen molar-refractivity contribution in [2.75, 3.05) is 0 Å². The SMILES string of the molecule is CCn1nc(C)cc1CC(NN)c1cccc(Cl)c1C. The highest BCUT2D eigenvalue weighted by Gasteiger charge is 2.17. The predicted molar refractivity (Wildman–Crippen MR) is 82.6 cm³/mol. The van der Waals surface area contributed by atoms with Gasteiger partial charge in [-0.2, -0.15) is 5.10 Å². The highest BCUT2D eigenvalue weighted by Crippen LogP contribution is 2.26. The number of hydrogen-bond acceptors (Lipinski definition) is 3. The van der Waals surface area contributed by atoms with Gasteiger partial charge >= 0.3 is 0 Å². The van der Waals surface area contributed by atoms with Crippen molar-refractivity contribution in [3.8, 4) is 0 Å². The van der Waals surface area contributed by atoms with Crippen molar-refractivity contribution < 1.29 is 0 Å². The van der Waals surface area contributed by atoms with E-state index in [2.05, 4.69) is 29.6 Å². The van der Waals surface area contributed by atoms with E-state index < -0.39 is 0 Å². The number of aromatic nitrogens is 2. The van der Waals surface area contributed by atoms with Crippen LogP contribution in [-0.2, 0) is 13.0 Å². The molecule has 5 heteroatoms. The predicted octanol–water partition coefficient (Wildman–Crippen LogP) is 2.92. The zero-order chi connectivity index (χ0) is 14.7. The topological polar surface area (TPSA) is 55.9 Å². The van der Waals surface area contributed by atoms with E-state index in [1.165, 1.54) is 5.69 Å². The van der Waals surface area contributed by atoms with Gasteiger partial charge in [-0.1, -0.05) is 23.7 Å². The van der Waals surface area contributed by atoms with Crippen molar-refractivity contribution in [1.82, 2.24) is 15.2 Å². The largest absolute Gasteiger partial charge is 0.271 e. The smallest absolute Gasteiger partial charge is 0.0596 e. The van der Waals surface area contributed by atoms with Crippen LogP contribution >= 0.6 is 11.6 Å². The molecule has 1 heterocycles. The summed E-state index contributed by atoms with van der Waals surface area (Å²) in [5, 5.41) is 5.24. The average molecular weight is 293 g/mol. The van der Waals surface area contributed by atoms with E-state index in [0.717, 1.165) is 34.8 Å². The first kappa shape index (κ1) is 15.0. The van der Waals surface area contributed by atoms with Gasteiger partial charge in [-0.3, -0.25) is 16.0 Å². The first-order valence-corrected chi connectivity index (χ1v) is 7.19. The summed E-state index contributed by atoms with van der Waals surface area (Å²) >= 11 is 6.19.